The van der Waals surface area contributed by atoms with Crippen LogP contribution in [0.4, 0.5) is 5.69 Å². The number of nitrogen functional groups attached to an aromatic ring is 1. The number of rotatable bonds is 1. The Morgan fingerprint density at radius 2 is 2.18 bits per heavy atom. The third-order valence-electron chi connectivity index (χ3n) is 2.56. The number of hydrogen-bond acceptors (Lipinski definition) is 4. The van der Waals surface area contributed by atoms with Gasteiger partial charge in [0.15, 0.2) is 0 Å². The maximum atomic E-state index is 11.6. The van der Waals surface area contributed by atoms with Crippen LogP contribution < -0.4 is 5.73 Å². The highest BCUT2D eigenvalue weighted by Crippen LogP contribution is 2.28. The van der Waals surface area contributed by atoms with E-state index in [0.29, 0.717) is 32.9 Å². The van der Waals surface area contributed by atoms with Gasteiger partial charge in [0.2, 0.25) is 0 Å². The maximum Gasteiger partial charge on any atom is 0.341 e. The molecule has 0 aliphatic rings. The summed E-state index contributed by atoms with van der Waals surface area (Å²) in [5.74, 6) is -0.482. The third kappa shape index (κ3) is 1.91. The van der Waals surface area contributed by atoms with Gasteiger partial charge in [0.25, 0.3) is 0 Å². The summed E-state index contributed by atoms with van der Waals surface area (Å²) in [6.07, 6.45) is 0. The molecule has 0 saturated heterocycles. The molecule has 88 valence electrons. The molecule has 2 aromatic rings. The van der Waals surface area contributed by atoms with Crippen molar-refractivity contribution in [2.24, 2.45) is 0 Å². The molecule has 1 heterocycles. The van der Waals surface area contributed by atoms with E-state index in [-0.39, 0.29) is 0 Å². The molecule has 0 atom stereocenters. The fourth-order valence-corrected chi connectivity index (χ4v) is 1.92. The predicted octanol–water partition coefficient (Wildman–Crippen LogP) is 2.57. The van der Waals surface area contributed by atoms with Crippen LogP contribution in [0.2, 0.25) is 5.02 Å². The zero-order valence-corrected chi connectivity index (χ0v) is 10.2. The molecule has 1 aromatic heterocycles. The van der Waals surface area contributed by atoms with Crippen molar-refractivity contribution in [1.29, 1.82) is 0 Å². The van der Waals surface area contributed by atoms with E-state index in [0.717, 1.165) is 0 Å². The Labute approximate surface area is 103 Å². The normalized spacial score (nSPS) is 10.5. The van der Waals surface area contributed by atoms with Gasteiger partial charge < -0.3 is 10.5 Å². The number of esters is 1. The smallest absolute Gasteiger partial charge is 0.341 e. The molecule has 0 spiro atoms. The number of methoxy groups -OCH3 is 1. The molecule has 0 aliphatic carbocycles. The van der Waals surface area contributed by atoms with Crippen LogP contribution in [0.15, 0.2) is 18.2 Å². The number of carbonyl (C=O) groups excluding carboxylic acids is 1. The highest BCUT2D eigenvalue weighted by molar-refractivity contribution is 6.31. The zero-order chi connectivity index (χ0) is 12.6. The quantitative estimate of drug-likeness (QED) is 0.790. The Morgan fingerprint density at radius 3 is 2.82 bits per heavy atom. The monoisotopic (exact) mass is 250 g/mol. The van der Waals surface area contributed by atoms with Crippen LogP contribution >= 0.6 is 11.6 Å². The molecule has 0 aliphatic heterocycles. The first kappa shape index (κ1) is 11.7. The minimum atomic E-state index is -0.482. The minimum absolute atomic E-state index is 0.308. The van der Waals surface area contributed by atoms with Crippen LogP contribution in [-0.4, -0.2) is 18.1 Å². The second-order valence-corrected chi connectivity index (χ2v) is 4.08. The SMILES string of the molecule is COC(=O)c1c(C)nc2cc(Cl)ccc2c1N. The predicted molar refractivity (Wildman–Crippen MR) is 67.2 cm³/mol. The first-order valence-corrected chi connectivity index (χ1v) is 5.36. The van der Waals surface area contributed by atoms with Crippen molar-refractivity contribution < 1.29 is 9.53 Å². The average Bonchev–Trinajstić information content (AvgIpc) is 2.28. The van der Waals surface area contributed by atoms with Gasteiger partial charge in [-0.25, -0.2) is 4.79 Å². The number of halogens is 1. The number of anilines is 1. The number of benzene rings is 1. The lowest BCUT2D eigenvalue weighted by atomic mass is 10.1. The van der Waals surface area contributed by atoms with Gasteiger partial charge in [-0.2, -0.15) is 0 Å². The van der Waals surface area contributed by atoms with Crippen LogP contribution in [0.3, 0.4) is 0 Å². The molecule has 1 aromatic carbocycles. The van der Waals surface area contributed by atoms with E-state index in [1.165, 1.54) is 7.11 Å². The molecule has 0 unspecified atom stereocenters. The van der Waals surface area contributed by atoms with Crippen molar-refractivity contribution in [3.63, 3.8) is 0 Å². The Morgan fingerprint density at radius 1 is 1.47 bits per heavy atom. The van der Waals surface area contributed by atoms with Crippen LogP contribution in [0.25, 0.3) is 10.9 Å². The van der Waals surface area contributed by atoms with E-state index >= 15 is 0 Å². The highest BCUT2D eigenvalue weighted by atomic mass is 35.5. The van der Waals surface area contributed by atoms with Crippen molar-refractivity contribution in [3.05, 3.63) is 34.5 Å². The lowest BCUT2D eigenvalue weighted by Gasteiger charge is -2.10. The first-order chi connectivity index (χ1) is 8.04. The van der Waals surface area contributed by atoms with Crippen LogP contribution in [0, 0.1) is 6.92 Å². The number of aryl methyl sites for hydroxylation is 1. The maximum absolute atomic E-state index is 11.6. The van der Waals surface area contributed by atoms with Gasteiger partial charge in [-0.1, -0.05) is 11.6 Å². The topological polar surface area (TPSA) is 65.2 Å². The molecule has 5 heteroatoms. The van der Waals surface area contributed by atoms with E-state index in [2.05, 4.69) is 9.72 Å². The first-order valence-electron chi connectivity index (χ1n) is 4.98. The fourth-order valence-electron chi connectivity index (χ4n) is 1.75. The zero-order valence-electron chi connectivity index (χ0n) is 9.45. The second kappa shape index (κ2) is 4.22. The molecule has 17 heavy (non-hydrogen) atoms. The number of pyridine rings is 1. The van der Waals surface area contributed by atoms with Crippen molar-refractivity contribution in [2.75, 3.05) is 12.8 Å². The van der Waals surface area contributed by atoms with E-state index in [9.17, 15) is 4.79 Å². The molecular formula is C12H11ClN2O2. The average molecular weight is 251 g/mol. The van der Waals surface area contributed by atoms with E-state index in [1.807, 2.05) is 0 Å². The molecule has 2 N–H and O–H groups in total. The number of nitrogens with zero attached hydrogens (tertiary/aromatic N) is 1. The fraction of sp³-hybridized carbons (Fsp3) is 0.167. The van der Waals surface area contributed by atoms with E-state index in [1.54, 1.807) is 25.1 Å². The van der Waals surface area contributed by atoms with Crippen LogP contribution in [0.1, 0.15) is 16.1 Å². The molecule has 0 radical (unpaired) electrons. The summed E-state index contributed by atoms with van der Waals surface area (Å²) in [5.41, 5.74) is 7.84. The Kier molecular flexibility index (Phi) is 2.90. The van der Waals surface area contributed by atoms with Gasteiger partial charge in [0, 0.05) is 10.4 Å². The van der Waals surface area contributed by atoms with Gasteiger partial charge in [0.1, 0.15) is 5.56 Å². The standard InChI is InChI=1S/C12H11ClN2O2/c1-6-10(12(16)17-2)11(14)8-4-3-7(13)5-9(8)15-6/h3-5H,1-2H3,(H2,14,15). The summed E-state index contributed by atoms with van der Waals surface area (Å²) in [6.45, 7) is 1.71. The molecule has 2 rings (SSSR count). The lowest BCUT2D eigenvalue weighted by Crippen LogP contribution is -2.10. The van der Waals surface area contributed by atoms with Crippen molar-refractivity contribution in [2.45, 2.75) is 6.92 Å². The van der Waals surface area contributed by atoms with Crippen LogP contribution in [0.5, 0.6) is 0 Å². The third-order valence-corrected chi connectivity index (χ3v) is 2.79. The Bertz CT molecular complexity index is 611. The van der Waals surface area contributed by atoms with Gasteiger partial charge in [-0.15, -0.1) is 0 Å². The highest BCUT2D eigenvalue weighted by Gasteiger charge is 2.17. The molecule has 4 nitrogen and oxygen atoms in total. The van der Waals surface area contributed by atoms with E-state index < -0.39 is 5.97 Å². The summed E-state index contributed by atoms with van der Waals surface area (Å²) in [6, 6.07) is 5.16. The number of hydrogen-bond donors (Lipinski definition) is 1. The number of aromatic nitrogens is 1. The number of ether oxygens (including phenoxy) is 1. The number of fused-ring (bicyclic) bond motifs is 1. The lowest BCUT2D eigenvalue weighted by molar-refractivity contribution is 0.0601. The van der Waals surface area contributed by atoms with Gasteiger partial charge in [-0.05, 0) is 25.1 Å². The van der Waals surface area contributed by atoms with Gasteiger partial charge in [0.05, 0.1) is 24.0 Å². The molecule has 0 saturated carbocycles. The van der Waals surface area contributed by atoms with Crippen molar-refractivity contribution in [3.8, 4) is 0 Å². The summed E-state index contributed by atoms with van der Waals surface area (Å²) in [7, 11) is 1.31. The molecule has 0 fully saturated rings. The van der Waals surface area contributed by atoms with Crippen molar-refractivity contribution >= 4 is 34.2 Å². The van der Waals surface area contributed by atoms with E-state index in [4.69, 9.17) is 17.3 Å². The Hall–Kier alpha value is -1.81. The summed E-state index contributed by atoms with van der Waals surface area (Å²) in [4.78, 5) is 15.9. The van der Waals surface area contributed by atoms with Crippen LogP contribution in [-0.2, 0) is 4.74 Å². The van der Waals surface area contributed by atoms with Gasteiger partial charge >= 0.3 is 5.97 Å². The number of carbonyl (C=O) groups is 1. The number of nitrogens with two attached hydrogens (primary N) is 1. The summed E-state index contributed by atoms with van der Waals surface area (Å²) in [5, 5.41) is 1.27. The van der Waals surface area contributed by atoms with Gasteiger partial charge in [-0.3, -0.25) is 4.98 Å². The summed E-state index contributed by atoms with van der Waals surface area (Å²) >= 11 is 5.88. The molecule has 0 bridgehead atoms. The molecular weight excluding hydrogens is 240 g/mol. The minimum Gasteiger partial charge on any atom is -0.465 e. The van der Waals surface area contributed by atoms with Crippen molar-refractivity contribution in [1.82, 2.24) is 4.98 Å². The second-order valence-electron chi connectivity index (χ2n) is 3.64. The Balaban J connectivity index is 2.80. The largest absolute Gasteiger partial charge is 0.465 e. The summed E-state index contributed by atoms with van der Waals surface area (Å²) < 4.78 is 4.69. The molecule has 0 amide bonds.